The standard InChI is InChI=1S/C11H19NO2/c1-2-12(10-3-4-10)7-11(8-13)5-6-14-9-11/h8,10H,2-7,9H2,1H3. The summed E-state index contributed by atoms with van der Waals surface area (Å²) in [6.07, 6.45) is 4.64. The Morgan fingerprint density at radius 1 is 1.57 bits per heavy atom. The van der Waals surface area contributed by atoms with Crippen LogP contribution in [-0.2, 0) is 9.53 Å². The van der Waals surface area contributed by atoms with Crippen molar-refractivity contribution in [1.82, 2.24) is 4.90 Å². The average molecular weight is 197 g/mol. The molecule has 0 aromatic carbocycles. The van der Waals surface area contributed by atoms with Gasteiger partial charge in [-0.25, -0.2) is 0 Å². The number of carbonyl (C=O) groups excluding carboxylic acids is 1. The van der Waals surface area contributed by atoms with Gasteiger partial charge in [0, 0.05) is 19.2 Å². The lowest BCUT2D eigenvalue weighted by molar-refractivity contribution is -0.117. The second kappa shape index (κ2) is 3.99. The van der Waals surface area contributed by atoms with Crippen molar-refractivity contribution in [2.24, 2.45) is 5.41 Å². The van der Waals surface area contributed by atoms with E-state index >= 15 is 0 Å². The van der Waals surface area contributed by atoms with E-state index in [1.165, 1.54) is 12.8 Å². The first-order valence-corrected chi connectivity index (χ1v) is 5.58. The number of aldehydes is 1. The van der Waals surface area contributed by atoms with Crippen LogP contribution in [0.3, 0.4) is 0 Å². The van der Waals surface area contributed by atoms with Crippen LogP contribution in [0.5, 0.6) is 0 Å². The predicted octanol–water partition coefficient (Wildman–Crippen LogP) is 1.08. The Bertz CT molecular complexity index is 207. The van der Waals surface area contributed by atoms with E-state index < -0.39 is 0 Å². The van der Waals surface area contributed by atoms with Crippen LogP contribution >= 0.6 is 0 Å². The fourth-order valence-electron chi connectivity index (χ4n) is 2.22. The Labute approximate surface area is 85.4 Å². The highest BCUT2D eigenvalue weighted by Gasteiger charge is 2.39. The Balaban J connectivity index is 1.94. The zero-order valence-corrected chi connectivity index (χ0v) is 8.87. The number of carbonyl (C=O) groups is 1. The van der Waals surface area contributed by atoms with E-state index in [2.05, 4.69) is 11.8 Å². The number of hydrogen-bond donors (Lipinski definition) is 0. The maximum atomic E-state index is 11.1. The van der Waals surface area contributed by atoms with Crippen molar-refractivity contribution in [1.29, 1.82) is 0 Å². The molecule has 1 aliphatic heterocycles. The predicted molar refractivity (Wildman–Crippen MR) is 54.2 cm³/mol. The SMILES string of the molecule is CCN(CC1(C=O)CCOC1)C1CC1. The summed E-state index contributed by atoms with van der Waals surface area (Å²) >= 11 is 0. The first kappa shape index (κ1) is 10.1. The molecule has 0 aromatic rings. The molecule has 2 aliphatic rings. The van der Waals surface area contributed by atoms with Crippen molar-refractivity contribution < 1.29 is 9.53 Å². The monoisotopic (exact) mass is 197 g/mol. The summed E-state index contributed by atoms with van der Waals surface area (Å²) in [5, 5.41) is 0. The Morgan fingerprint density at radius 2 is 2.36 bits per heavy atom. The van der Waals surface area contributed by atoms with Crippen LogP contribution < -0.4 is 0 Å². The average Bonchev–Trinajstić information content (AvgIpc) is 2.96. The van der Waals surface area contributed by atoms with E-state index in [0.29, 0.717) is 6.61 Å². The maximum Gasteiger partial charge on any atom is 0.129 e. The lowest BCUT2D eigenvalue weighted by Crippen LogP contribution is -2.40. The van der Waals surface area contributed by atoms with Gasteiger partial charge in [-0.15, -0.1) is 0 Å². The van der Waals surface area contributed by atoms with Crippen LogP contribution in [-0.4, -0.2) is 43.5 Å². The third kappa shape index (κ3) is 1.98. The molecular formula is C11H19NO2. The molecule has 0 aromatic heterocycles. The molecule has 0 amide bonds. The molecule has 14 heavy (non-hydrogen) atoms. The van der Waals surface area contributed by atoms with E-state index in [0.717, 1.165) is 38.4 Å². The van der Waals surface area contributed by atoms with Crippen LogP contribution in [0.15, 0.2) is 0 Å². The van der Waals surface area contributed by atoms with E-state index in [1.54, 1.807) is 0 Å². The van der Waals surface area contributed by atoms with Crippen molar-refractivity contribution in [3.05, 3.63) is 0 Å². The van der Waals surface area contributed by atoms with Crippen molar-refractivity contribution in [3.8, 4) is 0 Å². The largest absolute Gasteiger partial charge is 0.380 e. The van der Waals surface area contributed by atoms with Crippen molar-refractivity contribution in [2.45, 2.75) is 32.2 Å². The number of rotatable bonds is 5. The zero-order valence-electron chi connectivity index (χ0n) is 8.87. The van der Waals surface area contributed by atoms with E-state index in [-0.39, 0.29) is 5.41 Å². The lowest BCUT2D eigenvalue weighted by atomic mass is 9.88. The quantitative estimate of drug-likeness (QED) is 0.618. The molecule has 0 N–H and O–H groups in total. The minimum Gasteiger partial charge on any atom is -0.380 e. The third-order valence-corrected chi connectivity index (χ3v) is 3.37. The molecular weight excluding hydrogens is 178 g/mol. The van der Waals surface area contributed by atoms with Gasteiger partial charge in [-0.3, -0.25) is 4.90 Å². The molecule has 1 aliphatic carbocycles. The maximum absolute atomic E-state index is 11.1. The van der Waals surface area contributed by atoms with Gasteiger partial charge in [0.1, 0.15) is 6.29 Å². The van der Waals surface area contributed by atoms with Gasteiger partial charge >= 0.3 is 0 Å². The summed E-state index contributed by atoms with van der Waals surface area (Å²) in [5.41, 5.74) is -0.196. The second-order valence-corrected chi connectivity index (χ2v) is 4.58. The fourth-order valence-corrected chi connectivity index (χ4v) is 2.22. The molecule has 80 valence electrons. The van der Waals surface area contributed by atoms with Crippen LogP contribution in [0, 0.1) is 5.41 Å². The Morgan fingerprint density at radius 3 is 2.79 bits per heavy atom. The van der Waals surface area contributed by atoms with Gasteiger partial charge in [0.2, 0.25) is 0 Å². The van der Waals surface area contributed by atoms with Crippen LogP contribution in [0.1, 0.15) is 26.2 Å². The van der Waals surface area contributed by atoms with Gasteiger partial charge in [0.15, 0.2) is 0 Å². The molecule has 1 saturated heterocycles. The minimum absolute atomic E-state index is 0.196. The zero-order chi connectivity index (χ0) is 10.0. The number of hydrogen-bond acceptors (Lipinski definition) is 3. The van der Waals surface area contributed by atoms with Crippen LogP contribution in [0.25, 0.3) is 0 Å². The smallest absolute Gasteiger partial charge is 0.129 e. The minimum atomic E-state index is -0.196. The highest BCUT2D eigenvalue weighted by molar-refractivity contribution is 5.60. The first-order chi connectivity index (χ1) is 6.79. The topological polar surface area (TPSA) is 29.5 Å². The van der Waals surface area contributed by atoms with Crippen LogP contribution in [0.4, 0.5) is 0 Å². The number of nitrogens with zero attached hydrogens (tertiary/aromatic N) is 1. The molecule has 1 heterocycles. The van der Waals surface area contributed by atoms with Gasteiger partial charge in [0.25, 0.3) is 0 Å². The van der Waals surface area contributed by atoms with Gasteiger partial charge in [-0.2, -0.15) is 0 Å². The molecule has 1 unspecified atom stereocenters. The lowest BCUT2D eigenvalue weighted by Gasteiger charge is -2.29. The molecule has 0 bridgehead atoms. The first-order valence-electron chi connectivity index (χ1n) is 5.58. The molecule has 2 fully saturated rings. The second-order valence-electron chi connectivity index (χ2n) is 4.58. The van der Waals surface area contributed by atoms with Crippen molar-refractivity contribution >= 4 is 6.29 Å². The fraction of sp³-hybridized carbons (Fsp3) is 0.909. The van der Waals surface area contributed by atoms with Crippen molar-refractivity contribution in [2.75, 3.05) is 26.3 Å². The molecule has 1 atom stereocenters. The van der Waals surface area contributed by atoms with Gasteiger partial charge in [-0.1, -0.05) is 6.92 Å². The Hall–Kier alpha value is -0.410. The summed E-state index contributed by atoms with van der Waals surface area (Å²) in [4.78, 5) is 13.6. The van der Waals surface area contributed by atoms with E-state index in [9.17, 15) is 4.79 Å². The summed E-state index contributed by atoms with van der Waals surface area (Å²) < 4.78 is 5.34. The van der Waals surface area contributed by atoms with Crippen molar-refractivity contribution in [3.63, 3.8) is 0 Å². The summed E-state index contributed by atoms with van der Waals surface area (Å²) in [5.74, 6) is 0. The Kier molecular flexibility index (Phi) is 2.88. The third-order valence-electron chi connectivity index (χ3n) is 3.37. The van der Waals surface area contributed by atoms with E-state index in [4.69, 9.17) is 4.74 Å². The number of ether oxygens (including phenoxy) is 1. The molecule has 2 rings (SSSR count). The highest BCUT2D eigenvalue weighted by atomic mass is 16.5. The summed E-state index contributed by atoms with van der Waals surface area (Å²) in [7, 11) is 0. The highest BCUT2D eigenvalue weighted by Crippen LogP contribution is 2.33. The van der Waals surface area contributed by atoms with Crippen LogP contribution in [0.2, 0.25) is 0 Å². The van der Waals surface area contributed by atoms with E-state index in [1.807, 2.05) is 0 Å². The molecule has 3 heteroatoms. The molecule has 0 radical (unpaired) electrons. The van der Waals surface area contributed by atoms with Gasteiger partial charge in [-0.05, 0) is 25.8 Å². The molecule has 1 saturated carbocycles. The molecule has 3 nitrogen and oxygen atoms in total. The summed E-state index contributed by atoms with van der Waals surface area (Å²) in [6.45, 7) is 5.51. The van der Waals surface area contributed by atoms with Gasteiger partial charge in [0.05, 0.1) is 12.0 Å². The van der Waals surface area contributed by atoms with Gasteiger partial charge < -0.3 is 9.53 Å². The molecule has 0 spiro atoms. The normalized spacial score (nSPS) is 32.4. The summed E-state index contributed by atoms with van der Waals surface area (Å²) in [6, 6.07) is 0.748.